The molecule has 1 heterocycles. The van der Waals surface area contributed by atoms with Gasteiger partial charge in [-0.3, -0.25) is 0 Å². The molecule has 1 aromatic rings. The van der Waals surface area contributed by atoms with E-state index in [9.17, 15) is 0 Å². The van der Waals surface area contributed by atoms with Gasteiger partial charge in [-0.15, -0.1) is 0 Å². The van der Waals surface area contributed by atoms with E-state index in [1.165, 1.54) is 39.8 Å². The van der Waals surface area contributed by atoms with Gasteiger partial charge in [0.05, 0.1) is 0 Å². The molecule has 0 spiro atoms. The molecule has 1 aromatic carbocycles. The summed E-state index contributed by atoms with van der Waals surface area (Å²) in [4.78, 5) is 0. The SMILES string of the molecule is CC(C)=CCC/C(C)=C/CC/C(C)=C/CC[C@@]1(C)C=Cc2cc(C)cc(C)c2O1. The highest BCUT2D eigenvalue weighted by molar-refractivity contribution is 5.64. The van der Waals surface area contributed by atoms with Crippen molar-refractivity contribution in [3.8, 4) is 5.75 Å². The Morgan fingerprint density at radius 2 is 1.52 bits per heavy atom. The number of allylic oxidation sites excluding steroid dienone is 6. The van der Waals surface area contributed by atoms with Crippen LogP contribution in [0.5, 0.6) is 5.75 Å². The first-order chi connectivity index (χ1) is 13.7. The number of hydrogen-bond acceptors (Lipinski definition) is 1. The molecule has 158 valence electrons. The highest BCUT2D eigenvalue weighted by atomic mass is 16.5. The molecule has 1 aliphatic rings. The molecule has 1 aliphatic heterocycles. The second-order valence-electron chi connectivity index (χ2n) is 9.25. The van der Waals surface area contributed by atoms with Gasteiger partial charge < -0.3 is 4.74 Å². The van der Waals surface area contributed by atoms with Crippen LogP contribution < -0.4 is 4.74 Å². The molecule has 29 heavy (non-hydrogen) atoms. The summed E-state index contributed by atoms with van der Waals surface area (Å²) in [5, 5.41) is 0. The van der Waals surface area contributed by atoms with Crippen LogP contribution in [0.1, 0.15) is 89.8 Å². The summed E-state index contributed by atoms with van der Waals surface area (Å²) in [6.45, 7) is 15.3. The van der Waals surface area contributed by atoms with Crippen molar-refractivity contribution in [1.29, 1.82) is 0 Å². The average molecular weight is 393 g/mol. The van der Waals surface area contributed by atoms with E-state index in [0.29, 0.717) is 0 Å². The van der Waals surface area contributed by atoms with Crippen LogP contribution in [0, 0.1) is 13.8 Å². The van der Waals surface area contributed by atoms with Crippen molar-refractivity contribution in [2.24, 2.45) is 0 Å². The zero-order valence-electron chi connectivity index (χ0n) is 19.7. The fourth-order valence-electron chi connectivity index (χ4n) is 3.86. The molecule has 0 aromatic heterocycles. The summed E-state index contributed by atoms with van der Waals surface area (Å²) in [6.07, 6.45) is 18.3. The van der Waals surface area contributed by atoms with Crippen LogP contribution in [0.4, 0.5) is 0 Å². The van der Waals surface area contributed by atoms with Crippen molar-refractivity contribution >= 4 is 6.08 Å². The predicted molar refractivity (Wildman–Crippen MR) is 129 cm³/mol. The Bertz CT molecular complexity index is 815. The van der Waals surface area contributed by atoms with E-state index in [0.717, 1.165) is 37.9 Å². The summed E-state index contributed by atoms with van der Waals surface area (Å²) >= 11 is 0. The normalized spacial score (nSPS) is 19.0. The third kappa shape index (κ3) is 7.72. The highest BCUT2D eigenvalue weighted by Gasteiger charge is 2.27. The lowest BCUT2D eigenvalue weighted by molar-refractivity contribution is 0.127. The van der Waals surface area contributed by atoms with Crippen molar-refractivity contribution in [3.05, 3.63) is 69.8 Å². The minimum absolute atomic E-state index is 0.217. The topological polar surface area (TPSA) is 9.23 Å². The van der Waals surface area contributed by atoms with E-state index < -0.39 is 0 Å². The number of benzene rings is 1. The molecular formula is C28H40O. The van der Waals surface area contributed by atoms with Crippen molar-refractivity contribution in [3.63, 3.8) is 0 Å². The van der Waals surface area contributed by atoms with Gasteiger partial charge in [-0.05, 0) is 105 Å². The van der Waals surface area contributed by atoms with Gasteiger partial charge in [-0.1, -0.05) is 52.7 Å². The van der Waals surface area contributed by atoms with Crippen molar-refractivity contribution in [1.82, 2.24) is 0 Å². The lowest BCUT2D eigenvalue weighted by Crippen LogP contribution is -2.32. The summed E-state index contributed by atoms with van der Waals surface area (Å²) in [5.41, 5.74) is 7.91. The van der Waals surface area contributed by atoms with Crippen LogP contribution >= 0.6 is 0 Å². The van der Waals surface area contributed by atoms with E-state index in [4.69, 9.17) is 4.74 Å². The van der Waals surface area contributed by atoms with Crippen LogP contribution in [-0.4, -0.2) is 5.60 Å². The lowest BCUT2D eigenvalue weighted by atomic mass is 9.93. The molecule has 0 fully saturated rings. The van der Waals surface area contributed by atoms with Gasteiger partial charge in [0.1, 0.15) is 11.4 Å². The number of aryl methyl sites for hydroxylation is 2. The first-order valence-corrected chi connectivity index (χ1v) is 11.1. The minimum Gasteiger partial charge on any atom is -0.483 e. The first-order valence-electron chi connectivity index (χ1n) is 11.1. The van der Waals surface area contributed by atoms with Crippen molar-refractivity contribution in [2.75, 3.05) is 0 Å². The molecule has 0 unspecified atom stereocenters. The average Bonchev–Trinajstić information content (AvgIpc) is 2.62. The zero-order valence-corrected chi connectivity index (χ0v) is 19.7. The van der Waals surface area contributed by atoms with E-state index in [1.54, 1.807) is 0 Å². The monoisotopic (exact) mass is 392 g/mol. The van der Waals surface area contributed by atoms with E-state index >= 15 is 0 Å². The fourth-order valence-corrected chi connectivity index (χ4v) is 3.86. The summed E-state index contributed by atoms with van der Waals surface area (Å²) in [5.74, 6) is 1.05. The molecule has 0 saturated carbocycles. The number of rotatable bonds is 9. The standard InChI is InChI=1S/C28H40O/c1-21(2)11-8-12-22(3)13-9-14-23(4)15-10-17-28(7)18-16-26-20-24(5)19-25(6)27(26)29-28/h11,13,15-16,18-20H,8-10,12,14,17H2,1-7H3/b22-13+,23-15+/t28-/m0/s1. The summed E-state index contributed by atoms with van der Waals surface area (Å²) in [7, 11) is 0. The molecular weight excluding hydrogens is 352 g/mol. The molecule has 1 nitrogen and oxygen atoms in total. The first kappa shape index (κ1) is 23.3. The Hall–Kier alpha value is -2.02. The van der Waals surface area contributed by atoms with Crippen LogP contribution in [0.25, 0.3) is 6.08 Å². The molecule has 0 bridgehead atoms. The maximum absolute atomic E-state index is 6.42. The lowest BCUT2D eigenvalue weighted by Gasteiger charge is -2.32. The van der Waals surface area contributed by atoms with Crippen molar-refractivity contribution in [2.45, 2.75) is 92.6 Å². The van der Waals surface area contributed by atoms with Gasteiger partial charge in [-0.25, -0.2) is 0 Å². The molecule has 0 N–H and O–H groups in total. The van der Waals surface area contributed by atoms with Gasteiger partial charge in [0.2, 0.25) is 0 Å². The van der Waals surface area contributed by atoms with Crippen LogP contribution in [0.15, 0.2) is 53.2 Å². The fraction of sp³-hybridized carbons (Fsp3) is 0.500. The molecule has 2 rings (SSSR count). The van der Waals surface area contributed by atoms with E-state index in [-0.39, 0.29) is 5.60 Å². The third-order valence-electron chi connectivity index (χ3n) is 5.65. The Morgan fingerprint density at radius 3 is 2.17 bits per heavy atom. The maximum atomic E-state index is 6.42. The van der Waals surface area contributed by atoms with Crippen LogP contribution in [-0.2, 0) is 0 Å². The Labute approximate surface area is 179 Å². The predicted octanol–water partition coefficient (Wildman–Crippen LogP) is 8.67. The zero-order chi connectivity index (χ0) is 21.4. The Kier molecular flexibility index (Phi) is 8.56. The molecule has 0 amide bonds. The quantitative estimate of drug-likeness (QED) is 0.382. The van der Waals surface area contributed by atoms with Crippen LogP contribution in [0.3, 0.4) is 0 Å². The van der Waals surface area contributed by atoms with Crippen molar-refractivity contribution < 1.29 is 4.74 Å². The molecule has 1 heteroatoms. The minimum atomic E-state index is -0.217. The van der Waals surface area contributed by atoms with E-state index in [1.807, 2.05) is 0 Å². The third-order valence-corrected chi connectivity index (χ3v) is 5.65. The maximum Gasteiger partial charge on any atom is 0.130 e. The van der Waals surface area contributed by atoms with E-state index in [2.05, 4.69) is 91.0 Å². The molecule has 0 radical (unpaired) electrons. The van der Waals surface area contributed by atoms with Gasteiger partial charge >= 0.3 is 0 Å². The molecule has 1 atom stereocenters. The van der Waals surface area contributed by atoms with Gasteiger partial charge in [0.15, 0.2) is 0 Å². The summed E-state index contributed by atoms with van der Waals surface area (Å²) in [6, 6.07) is 4.41. The highest BCUT2D eigenvalue weighted by Crippen LogP contribution is 2.36. The van der Waals surface area contributed by atoms with Gasteiger partial charge in [0.25, 0.3) is 0 Å². The number of ether oxygens (including phenoxy) is 1. The summed E-state index contributed by atoms with van der Waals surface area (Å²) < 4.78 is 6.42. The number of hydrogen-bond donors (Lipinski definition) is 0. The molecule has 0 aliphatic carbocycles. The van der Waals surface area contributed by atoms with Gasteiger partial charge in [-0.2, -0.15) is 0 Å². The smallest absolute Gasteiger partial charge is 0.130 e. The second-order valence-corrected chi connectivity index (χ2v) is 9.25. The van der Waals surface area contributed by atoms with Crippen LogP contribution in [0.2, 0.25) is 0 Å². The second kappa shape index (κ2) is 10.7. The Morgan fingerprint density at radius 1 is 0.897 bits per heavy atom. The largest absolute Gasteiger partial charge is 0.483 e. The molecule has 0 saturated heterocycles. The Balaban J connectivity index is 1.81. The number of fused-ring (bicyclic) bond motifs is 1. The van der Waals surface area contributed by atoms with Gasteiger partial charge in [0, 0.05) is 5.56 Å².